The second-order valence-electron chi connectivity index (χ2n) is 10.9. The number of benzene rings is 4. The fraction of sp³-hybridized carbons (Fsp3) is 0.294. The Labute approximate surface area is 221 Å². The van der Waals surface area contributed by atoms with Crippen LogP contribution in [0.25, 0.3) is 0 Å². The van der Waals surface area contributed by atoms with Gasteiger partial charge in [0.2, 0.25) is 0 Å². The fourth-order valence-electron chi connectivity index (χ4n) is 6.40. The Morgan fingerprint density at radius 1 is 0.784 bits per heavy atom. The topological polar surface area (TPSA) is 15.7 Å². The maximum Gasteiger partial charge on any atom is 0.162 e. The van der Waals surface area contributed by atoms with Gasteiger partial charge in [-0.05, 0) is 47.6 Å². The van der Waals surface area contributed by atoms with E-state index in [9.17, 15) is 0 Å². The summed E-state index contributed by atoms with van der Waals surface area (Å²) in [6.45, 7) is 9.61. The van der Waals surface area contributed by atoms with Crippen LogP contribution in [0.5, 0.6) is 5.75 Å². The predicted octanol–water partition coefficient (Wildman–Crippen LogP) is 7.24. The third-order valence-corrected chi connectivity index (χ3v) is 8.04. The van der Waals surface area contributed by atoms with Gasteiger partial charge in [0.1, 0.15) is 11.3 Å². The largest absolute Gasteiger partial charge is 0.471 e. The third-order valence-electron chi connectivity index (χ3n) is 8.04. The van der Waals surface area contributed by atoms with Gasteiger partial charge in [0, 0.05) is 24.7 Å². The van der Waals surface area contributed by atoms with E-state index < -0.39 is 5.54 Å². The summed E-state index contributed by atoms with van der Waals surface area (Å²) in [6, 6.07) is 37.8. The average Bonchev–Trinajstić information content (AvgIpc) is 3.36. The molecule has 2 aliphatic heterocycles. The van der Waals surface area contributed by atoms with Crippen molar-refractivity contribution in [2.75, 3.05) is 18.2 Å². The lowest BCUT2D eigenvalue weighted by atomic mass is 9.75. The smallest absolute Gasteiger partial charge is 0.162 e. The summed E-state index contributed by atoms with van der Waals surface area (Å²) >= 11 is 0. The zero-order valence-corrected chi connectivity index (χ0v) is 22.1. The first-order valence-corrected chi connectivity index (χ1v) is 13.5. The number of nitrogens with zero attached hydrogens (tertiary/aromatic N) is 2. The molecule has 188 valence electrons. The number of hydrogen-bond acceptors (Lipinski definition) is 3. The molecule has 3 nitrogen and oxygen atoms in total. The Bertz CT molecular complexity index is 1250. The molecule has 0 spiro atoms. The van der Waals surface area contributed by atoms with Crippen molar-refractivity contribution in [3.8, 4) is 5.75 Å². The van der Waals surface area contributed by atoms with Crippen LogP contribution in [0.1, 0.15) is 48.6 Å². The molecule has 0 N–H and O–H groups in total. The first-order valence-electron chi connectivity index (χ1n) is 13.5. The SMILES string of the molecule is CC(C)CN1Cc2ccc3c(c2CC1C)OCN3C(c1ccccc1)(c1ccccc1)c1ccccc1. The predicted molar refractivity (Wildman–Crippen MR) is 152 cm³/mol. The molecule has 6 rings (SSSR count). The molecule has 2 heterocycles. The van der Waals surface area contributed by atoms with Crippen LogP contribution in [0.15, 0.2) is 103 Å². The Balaban J connectivity index is 1.54. The molecule has 1 atom stereocenters. The highest BCUT2D eigenvalue weighted by Gasteiger charge is 2.46. The van der Waals surface area contributed by atoms with Gasteiger partial charge < -0.3 is 9.64 Å². The summed E-state index contributed by atoms with van der Waals surface area (Å²) in [5.41, 5.74) is 7.15. The molecular weight excluding hydrogens is 452 g/mol. The zero-order valence-electron chi connectivity index (χ0n) is 22.1. The van der Waals surface area contributed by atoms with Crippen molar-refractivity contribution in [3.05, 3.63) is 131 Å². The Hall–Kier alpha value is -3.56. The van der Waals surface area contributed by atoms with Crippen molar-refractivity contribution < 1.29 is 4.74 Å². The molecule has 3 heteroatoms. The summed E-state index contributed by atoms with van der Waals surface area (Å²) in [6.07, 6.45) is 1.02. The summed E-state index contributed by atoms with van der Waals surface area (Å²) in [5, 5.41) is 0. The summed E-state index contributed by atoms with van der Waals surface area (Å²) in [7, 11) is 0. The van der Waals surface area contributed by atoms with Crippen LogP contribution in [0.3, 0.4) is 0 Å². The minimum atomic E-state index is -0.521. The molecular formula is C34H36N2O. The highest BCUT2D eigenvalue weighted by molar-refractivity contribution is 5.72. The summed E-state index contributed by atoms with van der Waals surface area (Å²) in [5.74, 6) is 1.73. The van der Waals surface area contributed by atoms with Crippen molar-refractivity contribution >= 4 is 5.69 Å². The van der Waals surface area contributed by atoms with Crippen LogP contribution < -0.4 is 9.64 Å². The van der Waals surface area contributed by atoms with Crippen LogP contribution >= 0.6 is 0 Å². The lowest BCUT2D eigenvalue weighted by Crippen LogP contribution is -2.48. The molecule has 1 unspecified atom stereocenters. The molecule has 0 radical (unpaired) electrons. The van der Waals surface area contributed by atoms with E-state index in [2.05, 4.69) is 134 Å². The van der Waals surface area contributed by atoms with Crippen molar-refractivity contribution in [1.29, 1.82) is 0 Å². The van der Waals surface area contributed by atoms with Gasteiger partial charge in [0.05, 0.1) is 5.69 Å². The maximum absolute atomic E-state index is 6.65. The molecule has 0 saturated carbocycles. The quantitative estimate of drug-likeness (QED) is 0.266. The average molecular weight is 489 g/mol. The van der Waals surface area contributed by atoms with Crippen molar-refractivity contribution in [1.82, 2.24) is 4.90 Å². The Kier molecular flexibility index (Phi) is 6.26. The van der Waals surface area contributed by atoms with Gasteiger partial charge >= 0.3 is 0 Å². The van der Waals surface area contributed by atoms with E-state index in [1.165, 1.54) is 33.5 Å². The molecule has 0 aromatic heterocycles. The highest BCUT2D eigenvalue weighted by atomic mass is 16.5. The second kappa shape index (κ2) is 9.72. The Morgan fingerprint density at radius 3 is 1.84 bits per heavy atom. The van der Waals surface area contributed by atoms with Crippen LogP contribution in [0.4, 0.5) is 5.69 Å². The third kappa shape index (κ3) is 4.02. The number of fused-ring (bicyclic) bond motifs is 3. The fourth-order valence-corrected chi connectivity index (χ4v) is 6.40. The van der Waals surface area contributed by atoms with Crippen LogP contribution in [0, 0.1) is 5.92 Å². The number of hydrogen-bond donors (Lipinski definition) is 0. The first-order chi connectivity index (χ1) is 18.1. The van der Waals surface area contributed by atoms with E-state index in [0.29, 0.717) is 18.7 Å². The van der Waals surface area contributed by atoms with Gasteiger partial charge in [-0.15, -0.1) is 0 Å². The monoisotopic (exact) mass is 488 g/mol. The zero-order chi connectivity index (χ0) is 25.4. The lowest BCUT2D eigenvalue weighted by Gasteiger charge is -2.44. The maximum atomic E-state index is 6.65. The van der Waals surface area contributed by atoms with Gasteiger partial charge in [0.15, 0.2) is 6.73 Å². The van der Waals surface area contributed by atoms with Crippen LogP contribution in [-0.4, -0.2) is 24.2 Å². The van der Waals surface area contributed by atoms with E-state index >= 15 is 0 Å². The molecule has 4 aromatic carbocycles. The number of ether oxygens (including phenoxy) is 1. The molecule has 4 aromatic rings. The molecule has 0 fully saturated rings. The number of anilines is 1. The minimum absolute atomic E-state index is 0.501. The van der Waals surface area contributed by atoms with Gasteiger partial charge in [-0.1, -0.05) is 111 Å². The Morgan fingerprint density at radius 2 is 1.32 bits per heavy atom. The van der Waals surface area contributed by atoms with Crippen molar-refractivity contribution in [2.24, 2.45) is 5.92 Å². The minimum Gasteiger partial charge on any atom is -0.471 e. The summed E-state index contributed by atoms with van der Waals surface area (Å²) in [4.78, 5) is 5.10. The standard InChI is InChI=1S/C34H36N2O/c1-25(2)22-35-23-27-19-20-32-33(31(27)21-26(35)3)37-24-36(32)34(28-13-7-4-8-14-28,29-15-9-5-10-16-29)30-17-11-6-12-18-30/h4-20,25-26H,21-24H2,1-3H3. The molecule has 0 amide bonds. The van der Waals surface area contributed by atoms with Crippen molar-refractivity contribution in [3.63, 3.8) is 0 Å². The number of rotatable bonds is 6. The molecule has 0 bridgehead atoms. The molecule has 0 aliphatic carbocycles. The van der Waals surface area contributed by atoms with Crippen molar-refractivity contribution in [2.45, 2.75) is 45.3 Å². The van der Waals surface area contributed by atoms with Gasteiger partial charge in [0.25, 0.3) is 0 Å². The summed E-state index contributed by atoms with van der Waals surface area (Å²) < 4.78 is 6.65. The van der Waals surface area contributed by atoms with Gasteiger partial charge in [-0.2, -0.15) is 0 Å². The van der Waals surface area contributed by atoms with E-state index in [0.717, 1.165) is 25.3 Å². The van der Waals surface area contributed by atoms with Gasteiger partial charge in [-0.25, -0.2) is 0 Å². The van der Waals surface area contributed by atoms with E-state index in [-0.39, 0.29) is 0 Å². The van der Waals surface area contributed by atoms with Gasteiger partial charge in [-0.3, -0.25) is 4.90 Å². The lowest BCUT2D eigenvalue weighted by molar-refractivity contribution is 0.162. The second-order valence-corrected chi connectivity index (χ2v) is 10.9. The van der Waals surface area contributed by atoms with E-state index in [1.807, 2.05) is 0 Å². The molecule has 2 aliphatic rings. The van der Waals surface area contributed by atoms with Crippen LogP contribution in [-0.2, 0) is 18.5 Å². The molecule has 0 saturated heterocycles. The van der Waals surface area contributed by atoms with E-state index in [1.54, 1.807) is 0 Å². The van der Waals surface area contributed by atoms with Crippen LogP contribution in [0.2, 0.25) is 0 Å². The normalized spacial score (nSPS) is 17.4. The molecule has 37 heavy (non-hydrogen) atoms. The van der Waals surface area contributed by atoms with E-state index in [4.69, 9.17) is 4.74 Å². The first kappa shape index (κ1) is 23.8. The highest BCUT2D eigenvalue weighted by Crippen LogP contribution is 2.51.